The second-order valence-electron chi connectivity index (χ2n) is 6.38. The third-order valence-corrected chi connectivity index (χ3v) is 4.40. The van der Waals surface area contributed by atoms with E-state index in [2.05, 4.69) is 15.4 Å². The molecule has 2 heterocycles. The Morgan fingerprint density at radius 2 is 2.00 bits per heavy atom. The molecule has 30 heavy (non-hydrogen) atoms. The van der Waals surface area contributed by atoms with Crippen molar-refractivity contribution in [1.82, 2.24) is 14.8 Å². The molecular formula is C19H17F3N4O4. The van der Waals surface area contributed by atoms with Crippen molar-refractivity contribution in [2.45, 2.75) is 19.6 Å². The molecule has 11 heteroatoms. The fraction of sp³-hybridized carbons (Fsp3) is 0.263. The molecule has 2 N–H and O–H groups in total. The average Bonchev–Trinajstić information content (AvgIpc) is 3.00. The smallest absolute Gasteiger partial charge is 0.433 e. The van der Waals surface area contributed by atoms with Crippen LogP contribution in [0.1, 0.15) is 32.2 Å². The fourth-order valence-electron chi connectivity index (χ4n) is 2.89. The van der Waals surface area contributed by atoms with Gasteiger partial charge in [0.25, 0.3) is 5.91 Å². The maximum Gasteiger partial charge on any atom is 0.433 e. The number of pyridine rings is 1. The van der Waals surface area contributed by atoms with E-state index in [0.29, 0.717) is 29.7 Å². The maximum atomic E-state index is 12.8. The zero-order chi connectivity index (χ0) is 22.1. The van der Waals surface area contributed by atoms with Gasteiger partial charge < -0.3 is 15.2 Å². The molecule has 0 aliphatic carbocycles. The fourth-order valence-corrected chi connectivity index (χ4v) is 2.89. The molecule has 0 aliphatic rings. The Labute approximate surface area is 168 Å². The number of ether oxygens (including phenoxy) is 1. The molecule has 1 amide bonds. The molecule has 158 valence electrons. The van der Waals surface area contributed by atoms with E-state index < -0.39 is 29.4 Å². The summed E-state index contributed by atoms with van der Waals surface area (Å²) in [6.07, 6.45) is -4.71. The summed E-state index contributed by atoms with van der Waals surface area (Å²) in [4.78, 5) is 27.4. The van der Waals surface area contributed by atoms with Gasteiger partial charge in [0.2, 0.25) is 0 Å². The van der Waals surface area contributed by atoms with Crippen molar-refractivity contribution >= 4 is 28.5 Å². The predicted octanol–water partition coefficient (Wildman–Crippen LogP) is 3.36. The Morgan fingerprint density at radius 1 is 1.27 bits per heavy atom. The largest absolute Gasteiger partial charge is 0.478 e. The van der Waals surface area contributed by atoms with Crippen LogP contribution in [0.5, 0.6) is 0 Å². The molecule has 3 rings (SSSR count). The van der Waals surface area contributed by atoms with E-state index in [1.165, 1.54) is 19.2 Å². The Kier molecular flexibility index (Phi) is 5.74. The third-order valence-electron chi connectivity index (χ3n) is 4.40. The van der Waals surface area contributed by atoms with Crippen LogP contribution in [-0.2, 0) is 17.5 Å². The second-order valence-corrected chi connectivity index (χ2v) is 6.38. The van der Waals surface area contributed by atoms with E-state index in [1.54, 1.807) is 11.6 Å². The van der Waals surface area contributed by atoms with Crippen molar-refractivity contribution in [3.8, 4) is 0 Å². The van der Waals surface area contributed by atoms with Crippen LogP contribution in [-0.4, -0.2) is 45.5 Å². The molecular weight excluding hydrogens is 405 g/mol. The molecule has 0 atom stereocenters. The number of carboxylic acid groups (broad SMARTS) is 1. The van der Waals surface area contributed by atoms with Gasteiger partial charge in [0.15, 0.2) is 0 Å². The van der Waals surface area contributed by atoms with Crippen LogP contribution in [0.15, 0.2) is 30.3 Å². The highest BCUT2D eigenvalue weighted by molar-refractivity contribution is 6.09. The van der Waals surface area contributed by atoms with Crippen molar-refractivity contribution in [2.75, 3.05) is 19.0 Å². The Balaban J connectivity index is 2.00. The van der Waals surface area contributed by atoms with Crippen LogP contribution in [0.4, 0.5) is 18.9 Å². The number of hydrogen-bond acceptors (Lipinski definition) is 5. The SMILES string of the molecule is COCCn1nc2cc(C(=O)O)c(NC(=O)c3cccc(C(F)(F)F)n3)cc2c1C. The first-order chi connectivity index (χ1) is 14.1. The summed E-state index contributed by atoms with van der Waals surface area (Å²) in [6, 6.07) is 5.62. The molecule has 3 aromatic rings. The van der Waals surface area contributed by atoms with E-state index in [4.69, 9.17) is 4.74 Å². The summed E-state index contributed by atoms with van der Waals surface area (Å²) in [7, 11) is 1.54. The van der Waals surface area contributed by atoms with Gasteiger partial charge in [-0.25, -0.2) is 9.78 Å². The van der Waals surface area contributed by atoms with Crippen LogP contribution in [0.25, 0.3) is 10.9 Å². The summed E-state index contributed by atoms with van der Waals surface area (Å²) in [5.74, 6) is -2.29. The number of alkyl halides is 3. The lowest BCUT2D eigenvalue weighted by molar-refractivity contribution is -0.141. The molecule has 2 aromatic heterocycles. The minimum Gasteiger partial charge on any atom is -0.478 e. The number of fused-ring (bicyclic) bond motifs is 1. The number of halogens is 3. The van der Waals surface area contributed by atoms with Crippen molar-refractivity contribution < 1.29 is 32.6 Å². The van der Waals surface area contributed by atoms with Crippen LogP contribution in [0.3, 0.4) is 0 Å². The molecule has 1 aromatic carbocycles. The molecule has 0 saturated carbocycles. The van der Waals surface area contributed by atoms with Crippen LogP contribution in [0.2, 0.25) is 0 Å². The van der Waals surface area contributed by atoms with Crippen molar-refractivity contribution in [2.24, 2.45) is 0 Å². The number of rotatable bonds is 6. The average molecular weight is 422 g/mol. The van der Waals surface area contributed by atoms with Gasteiger partial charge in [0.1, 0.15) is 11.4 Å². The van der Waals surface area contributed by atoms with Crippen LogP contribution in [0, 0.1) is 6.92 Å². The molecule has 0 aliphatic heterocycles. The molecule has 0 unspecified atom stereocenters. The highest BCUT2D eigenvalue weighted by Gasteiger charge is 2.33. The van der Waals surface area contributed by atoms with Gasteiger partial charge in [-0.2, -0.15) is 18.3 Å². The molecule has 0 spiro atoms. The van der Waals surface area contributed by atoms with Gasteiger partial charge in [-0.05, 0) is 31.2 Å². The zero-order valence-corrected chi connectivity index (χ0v) is 15.9. The van der Waals surface area contributed by atoms with Gasteiger partial charge in [0.05, 0.1) is 29.9 Å². The number of aromatic nitrogens is 3. The molecule has 0 bridgehead atoms. The number of methoxy groups -OCH3 is 1. The quantitative estimate of drug-likeness (QED) is 0.631. The third kappa shape index (κ3) is 4.25. The number of nitrogens with one attached hydrogen (secondary N) is 1. The number of nitrogens with zero attached hydrogens (tertiary/aromatic N) is 3. The summed E-state index contributed by atoms with van der Waals surface area (Å²) >= 11 is 0. The normalized spacial score (nSPS) is 11.6. The van der Waals surface area contributed by atoms with Crippen LogP contribution < -0.4 is 5.32 Å². The molecule has 8 nitrogen and oxygen atoms in total. The monoisotopic (exact) mass is 422 g/mol. The molecule has 0 saturated heterocycles. The number of hydrogen-bond donors (Lipinski definition) is 2. The summed E-state index contributed by atoms with van der Waals surface area (Å²) in [5.41, 5.74) is -0.927. The first-order valence-electron chi connectivity index (χ1n) is 8.71. The van der Waals surface area contributed by atoms with Gasteiger partial charge in [-0.15, -0.1) is 0 Å². The maximum absolute atomic E-state index is 12.8. The van der Waals surface area contributed by atoms with Gasteiger partial charge in [-0.1, -0.05) is 6.07 Å². The first kappa shape index (κ1) is 21.2. The topological polar surface area (TPSA) is 106 Å². The van der Waals surface area contributed by atoms with Crippen LogP contribution >= 0.6 is 0 Å². The lowest BCUT2D eigenvalue weighted by Gasteiger charge is -2.10. The number of carboxylic acids is 1. The Morgan fingerprint density at radius 3 is 2.63 bits per heavy atom. The minimum absolute atomic E-state index is 0.0754. The van der Waals surface area contributed by atoms with E-state index in [1.807, 2.05) is 0 Å². The van der Waals surface area contributed by atoms with Crippen molar-refractivity contribution in [1.29, 1.82) is 0 Å². The standard InChI is InChI=1S/C19H17F3N4O4/c1-10-11-8-14(12(18(28)29)9-15(11)25-26(10)6-7-30-2)24-17(27)13-4-3-5-16(23-13)19(20,21)22/h3-5,8-9H,6-7H2,1-2H3,(H,24,27)(H,28,29). The Bertz CT molecular complexity index is 1120. The van der Waals surface area contributed by atoms with E-state index >= 15 is 0 Å². The Hall–Kier alpha value is -3.47. The molecule has 0 radical (unpaired) electrons. The number of amides is 1. The van der Waals surface area contributed by atoms with E-state index in [-0.39, 0.29) is 11.3 Å². The van der Waals surface area contributed by atoms with Gasteiger partial charge in [0, 0.05) is 18.2 Å². The van der Waals surface area contributed by atoms with E-state index in [0.717, 1.165) is 18.2 Å². The summed E-state index contributed by atoms with van der Waals surface area (Å²) < 4.78 is 45.2. The predicted molar refractivity (Wildman–Crippen MR) is 100 cm³/mol. The second kappa shape index (κ2) is 8.11. The highest BCUT2D eigenvalue weighted by Crippen LogP contribution is 2.29. The lowest BCUT2D eigenvalue weighted by Crippen LogP contribution is -2.18. The number of carbonyl (C=O) groups excluding carboxylic acids is 1. The van der Waals surface area contributed by atoms with Crippen molar-refractivity contribution in [3.63, 3.8) is 0 Å². The zero-order valence-electron chi connectivity index (χ0n) is 15.9. The minimum atomic E-state index is -4.71. The number of aromatic carboxylic acids is 1. The van der Waals surface area contributed by atoms with Crippen molar-refractivity contribution in [3.05, 3.63) is 53.0 Å². The van der Waals surface area contributed by atoms with E-state index in [9.17, 15) is 27.9 Å². The number of anilines is 1. The number of aryl methyl sites for hydroxylation is 1. The summed E-state index contributed by atoms with van der Waals surface area (Å²) in [6.45, 7) is 2.60. The van der Waals surface area contributed by atoms with Gasteiger partial charge >= 0.3 is 12.1 Å². The first-order valence-corrected chi connectivity index (χ1v) is 8.71. The van der Waals surface area contributed by atoms with Gasteiger partial charge in [-0.3, -0.25) is 9.48 Å². The molecule has 0 fully saturated rings. The number of benzene rings is 1. The lowest BCUT2D eigenvalue weighted by atomic mass is 10.1. The number of carbonyl (C=O) groups is 2. The summed E-state index contributed by atoms with van der Waals surface area (Å²) in [5, 5.41) is 16.8. The highest BCUT2D eigenvalue weighted by atomic mass is 19.4.